The molecule has 9 heteroatoms. The van der Waals surface area contributed by atoms with E-state index in [1.807, 2.05) is 0 Å². The summed E-state index contributed by atoms with van der Waals surface area (Å²) in [5.74, 6) is -0.838. The minimum atomic E-state index is -1.32. The average molecular weight is 312 g/mol. The first-order valence-electron chi connectivity index (χ1n) is 5.75. The van der Waals surface area contributed by atoms with Crippen molar-refractivity contribution in [2.24, 2.45) is 0 Å². The molecule has 2 rings (SSSR count). The summed E-state index contributed by atoms with van der Waals surface area (Å²) in [4.78, 5) is 21.2. The molecule has 0 unspecified atom stereocenters. The lowest BCUT2D eigenvalue weighted by Crippen LogP contribution is -2.07. The van der Waals surface area contributed by atoms with Gasteiger partial charge in [-0.25, -0.2) is 4.79 Å². The van der Waals surface area contributed by atoms with Gasteiger partial charge in [-0.1, -0.05) is 16.8 Å². The van der Waals surface area contributed by atoms with E-state index in [1.165, 1.54) is 0 Å². The molecule has 0 fully saturated rings. The fourth-order valence-electron chi connectivity index (χ4n) is 1.72. The lowest BCUT2D eigenvalue weighted by atomic mass is 10.1. The molecule has 0 aliphatic rings. The second-order valence-corrected chi connectivity index (χ2v) is 4.61. The number of nitro groups is 1. The van der Waals surface area contributed by atoms with Crippen LogP contribution in [0.5, 0.6) is 0 Å². The van der Waals surface area contributed by atoms with Crippen molar-refractivity contribution in [3.63, 3.8) is 0 Å². The van der Waals surface area contributed by atoms with Crippen LogP contribution < -0.4 is 5.32 Å². The molecular formula is C12H10ClN3O5. The third-order valence-corrected chi connectivity index (χ3v) is 2.93. The number of anilines is 1. The highest BCUT2D eigenvalue weighted by atomic mass is 35.5. The Labute approximate surface area is 123 Å². The molecule has 0 aliphatic carbocycles. The number of benzene rings is 1. The Morgan fingerprint density at radius 2 is 2.24 bits per heavy atom. The van der Waals surface area contributed by atoms with Crippen LogP contribution in [-0.4, -0.2) is 21.2 Å². The van der Waals surface area contributed by atoms with Gasteiger partial charge in [0.25, 0.3) is 5.69 Å². The van der Waals surface area contributed by atoms with Gasteiger partial charge in [0.15, 0.2) is 5.76 Å². The molecule has 0 saturated heterocycles. The predicted molar refractivity (Wildman–Crippen MR) is 73.6 cm³/mol. The van der Waals surface area contributed by atoms with E-state index in [9.17, 15) is 14.9 Å². The van der Waals surface area contributed by atoms with E-state index >= 15 is 0 Å². The summed E-state index contributed by atoms with van der Waals surface area (Å²) < 4.78 is 4.98. The molecule has 0 bridgehead atoms. The number of carboxylic acid groups (broad SMARTS) is 1. The highest BCUT2D eigenvalue weighted by molar-refractivity contribution is 6.34. The van der Waals surface area contributed by atoms with Crippen molar-refractivity contribution in [1.82, 2.24) is 5.16 Å². The number of hydrogen-bond acceptors (Lipinski definition) is 6. The molecule has 1 heterocycles. The van der Waals surface area contributed by atoms with E-state index in [0.717, 1.165) is 12.1 Å². The summed E-state index contributed by atoms with van der Waals surface area (Å²) in [5, 5.41) is 26.3. The topological polar surface area (TPSA) is 119 Å². The second-order valence-electron chi connectivity index (χ2n) is 4.20. The quantitative estimate of drug-likeness (QED) is 0.643. The lowest BCUT2D eigenvalue weighted by molar-refractivity contribution is -0.384. The number of hydrogen-bond donors (Lipinski definition) is 2. The second kappa shape index (κ2) is 5.80. The zero-order chi connectivity index (χ0) is 15.6. The Balaban J connectivity index is 2.33. The van der Waals surface area contributed by atoms with Gasteiger partial charge in [-0.3, -0.25) is 10.1 Å². The van der Waals surface area contributed by atoms with E-state index in [1.54, 1.807) is 13.0 Å². The molecule has 0 amide bonds. The zero-order valence-electron chi connectivity index (χ0n) is 10.8. The van der Waals surface area contributed by atoms with Crippen molar-refractivity contribution in [2.45, 2.75) is 13.5 Å². The molecular weight excluding hydrogens is 302 g/mol. The van der Waals surface area contributed by atoms with Gasteiger partial charge < -0.3 is 14.9 Å². The van der Waals surface area contributed by atoms with Crippen molar-refractivity contribution in [3.8, 4) is 0 Å². The Hall–Kier alpha value is -2.61. The van der Waals surface area contributed by atoms with Crippen LogP contribution in [0.4, 0.5) is 11.4 Å². The lowest BCUT2D eigenvalue weighted by Gasteiger charge is -2.10. The number of aromatic nitrogens is 1. The van der Waals surface area contributed by atoms with Gasteiger partial charge in [0.05, 0.1) is 33.4 Å². The Morgan fingerprint density at radius 3 is 2.76 bits per heavy atom. The van der Waals surface area contributed by atoms with E-state index in [4.69, 9.17) is 21.2 Å². The molecule has 21 heavy (non-hydrogen) atoms. The van der Waals surface area contributed by atoms with Crippen LogP contribution >= 0.6 is 11.6 Å². The van der Waals surface area contributed by atoms with Gasteiger partial charge >= 0.3 is 5.97 Å². The summed E-state index contributed by atoms with van der Waals surface area (Å²) in [6.45, 7) is 1.90. The van der Waals surface area contributed by atoms with Crippen molar-refractivity contribution < 1.29 is 19.3 Å². The van der Waals surface area contributed by atoms with Crippen LogP contribution in [-0.2, 0) is 6.54 Å². The molecule has 0 atom stereocenters. The molecule has 0 saturated carbocycles. The van der Waals surface area contributed by atoms with Gasteiger partial charge in [-0.2, -0.15) is 0 Å². The third-order valence-electron chi connectivity index (χ3n) is 2.63. The maximum Gasteiger partial charge on any atom is 0.338 e. The van der Waals surface area contributed by atoms with E-state index in [2.05, 4.69) is 10.5 Å². The van der Waals surface area contributed by atoms with Crippen molar-refractivity contribution in [2.75, 3.05) is 5.32 Å². The minimum Gasteiger partial charge on any atom is -0.478 e. The van der Waals surface area contributed by atoms with Crippen LogP contribution in [0, 0.1) is 17.0 Å². The van der Waals surface area contributed by atoms with Crippen LogP contribution in [0.3, 0.4) is 0 Å². The van der Waals surface area contributed by atoms with Crippen molar-refractivity contribution in [1.29, 1.82) is 0 Å². The first-order chi connectivity index (χ1) is 9.88. The van der Waals surface area contributed by atoms with E-state index in [0.29, 0.717) is 11.5 Å². The maximum absolute atomic E-state index is 11.2. The number of carboxylic acids is 1. The average Bonchev–Trinajstić information content (AvgIpc) is 2.82. The summed E-state index contributed by atoms with van der Waals surface area (Å²) in [7, 11) is 0. The van der Waals surface area contributed by atoms with Gasteiger partial charge in [-0.15, -0.1) is 0 Å². The predicted octanol–water partition coefficient (Wildman–Crippen LogP) is 2.85. The summed E-state index contributed by atoms with van der Waals surface area (Å²) in [6.07, 6.45) is 0. The number of rotatable bonds is 5. The molecule has 2 aromatic rings. The summed E-state index contributed by atoms with van der Waals surface area (Å²) in [6, 6.07) is 3.71. The number of carbonyl (C=O) groups is 1. The standard InChI is InChI=1S/C12H10ClN3O5/c1-6-2-8(21-15-6)5-14-11-9(12(17)18)3-7(16(19)20)4-10(11)13/h2-4,14H,5H2,1H3,(H,17,18). The van der Waals surface area contributed by atoms with Gasteiger partial charge in [-0.05, 0) is 6.92 Å². The monoisotopic (exact) mass is 311 g/mol. The fraction of sp³-hybridized carbons (Fsp3) is 0.167. The van der Waals surface area contributed by atoms with Gasteiger partial charge in [0.1, 0.15) is 0 Å². The highest BCUT2D eigenvalue weighted by Crippen LogP contribution is 2.31. The smallest absolute Gasteiger partial charge is 0.338 e. The number of aryl methyl sites for hydroxylation is 1. The van der Waals surface area contributed by atoms with E-state index < -0.39 is 16.6 Å². The van der Waals surface area contributed by atoms with Gasteiger partial charge in [0.2, 0.25) is 0 Å². The SMILES string of the molecule is Cc1cc(CNc2c(Cl)cc([N+](=O)[O-])cc2C(=O)O)on1. The first kappa shape index (κ1) is 14.8. The molecule has 0 radical (unpaired) electrons. The summed E-state index contributed by atoms with van der Waals surface area (Å²) in [5.41, 5.74) is 0.0905. The highest BCUT2D eigenvalue weighted by Gasteiger charge is 2.20. The van der Waals surface area contributed by atoms with Crippen molar-refractivity contribution >= 4 is 28.9 Å². The third kappa shape index (κ3) is 3.29. The molecule has 1 aromatic carbocycles. The molecule has 1 aromatic heterocycles. The van der Waals surface area contributed by atoms with Crippen molar-refractivity contribution in [3.05, 3.63) is 50.4 Å². The Kier molecular flexibility index (Phi) is 4.08. The fourth-order valence-corrected chi connectivity index (χ4v) is 2.00. The number of non-ortho nitro benzene ring substituents is 1. The normalized spacial score (nSPS) is 10.4. The number of aromatic carboxylic acids is 1. The number of halogens is 1. The number of nitrogens with zero attached hydrogens (tertiary/aromatic N) is 2. The van der Waals surface area contributed by atoms with Gasteiger partial charge in [0, 0.05) is 18.2 Å². The molecule has 8 nitrogen and oxygen atoms in total. The van der Waals surface area contributed by atoms with Crippen LogP contribution in [0.25, 0.3) is 0 Å². The molecule has 110 valence electrons. The van der Waals surface area contributed by atoms with Crippen LogP contribution in [0.15, 0.2) is 22.7 Å². The molecule has 0 spiro atoms. The minimum absolute atomic E-state index is 0.0576. The van der Waals surface area contributed by atoms with E-state index in [-0.39, 0.29) is 22.8 Å². The Morgan fingerprint density at radius 1 is 1.52 bits per heavy atom. The molecule has 0 aliphatic heterocycles. The number of nitro benzene ring substituents is 1. The summed E-state index contributed by atoms with van der Waals surface area (Å²) >= 11 is 5.92. The first-order valence-corrected chi connectivity index (χ1v) is 6.13. The Bertz CT molecular complexity index is 713. The molecule has 2 N–H and O–H groups in total. The number of nitrogens with one attached hydrogen (secondary N) is 1. The largest absolute Gasteiger partial charge is 0.478 e. The van der Waals surface area contributed by atoms with Crippen LogP contribution in [0.1, 0.15) is 21.8 Å². The zero-order valence-corrected chi connectivity index (χ0v) is 11.5. The maximum atomic E-state index is 11.2. The van der Waals surface area contributed by atoms with Crippen LogP contribution in [0.2, 0.25) is 5.02 Å².